The Morgan fingerprint density at radius 2 is 2.00 bits per heavy atom. The van der Waals surface area contributed by atoms with E-state index in [1.54, 1.807) is 6.07 Å². The molecule has 0 unspecified atom stereocenters. The van der Waals surface area contributed by atoms with Crippen molar-refractivity contribution in [2.24, 2.45) is 0 Å². The van der Waals surface area contributed by atoms with Crippen LogP contribution in [0.4, 0.5) is 4.39 Å². The molecule has 2 rings (SSSR count). The van der Waals surface area contributed by atoms with E-state index in [1.807, 2.05) is 6.07 Å². The van der Waals surface area contributed by atoms with Gasteiger partial charge in [0.25, 0.3) is 0 Å². The Balaban J connectivity index is 0.00000162. The molecule has 0 heterocycles. The summed E-state index contributed by atoms with van der Waals surface area (Å²) in [5.74, 6) is -0.143. The van der Waals surface area contributed by atoms with E-state index in [1.165, 1.54) is 12.5 Å². The smallest absolute Gasteiger partial charge is 0.128 e. The number of nitrogens with zero attached hydrogens (tertiary/aromatic N) is 1. The summed E-state index contributed by atoms with van der Waals surface area (Å²) >= 11 is 5.81. The molecule has 1 aromatic carbocycles. The Morgan fingerprint density at radius 3 is 2.44 bits per heavy atom. The molecule has 0 aliphatic heterocycles. The van der Waals surface area contributed by atoms with Crippen LogP contribution in [-0.2, 0) is 5.41 Å². The summed E-state index contributed by atoms with van der Waals surface area (Å²) in [6, 6.07) is 5.11. The Labute approximate surface area is 120 Å². The zero-order chi connectivity index (χ0) is 12.5. The zero-order valence-corrected chi connectivity index (χ0v) is 12.5. The van der Waals surface area contributed by atoms with E-state index in [9.17, 15) is 4.39 Å². The molecule has 1 aliphatic carbocycles. The standard InChI is InChI=1S/C14H19ClFN.ClH/c1-17(2)9-8-14(6-3-7-14)12-5-4-11(15)10-13(12)16;/h4-5,10H,3,6-9H2,1-2H3;1H. The second-order valence-corrected chi connectivity index (χ2v) is 5.75. The molecule has 18 heavy (non-hydrogen) atoms. The first-order valence-corrected chi connectivity index (χ1v) is 6.52. The van der Waals surface area contributed by atoms with Gasteiger partial charge in [-0.05, 0) is 63.0 Å². The fourth-order valence-electron chi connectivity index (χ4n) is 2.61. The predicted octanol–water partition coefficient (Wildman–Crippen LogP) is 4.27. The van der Waals surface area contributed by atoms with E-state index >= 15 is 0 Å². The molecule has 1 fully saturated rings. The van der Waals surface area contributed by atoms with Crippen LogP contribution in [0.5, 0.6) is 0 Å². The van der Waals surface area contributed by atoms with Crippen molar-refractivity contribution in [3.05, 3.63) is 34.6 Å². The van der Waals surface area contributed by atoms with Crippen LogP contribution >= 0.6 is 24.0 Å². The molecule has 0 spiro atoms. The van der Waals surface area contributed by atoms with Crippen LogP contribution in [0.25, 0.3) is 0 Å². The molecule has 4 heteroatoms. The van der Waals surface area contributed by atoms with Gasteiger partial charge >= 0.3 is 0 Å². The molecule has 102 valence electrons. The normalized spacial score (nSPS) is 17.2. The minimum Gasteiger partial charge on any atom is -0.309 e. The Bertz CT molecular complexity index is 403. The lowest BCUT2D eigenvalue weighted by molar-refractivity contribution is 0.195. The maximum absolute atomic E-state index is 14.0. The topological polar surface area (TPSA) is 3.24 Å². The van der Waals surface area contributed by atoms with Gasteiger partial charge < -0.3 is 4.90 Å². The Kier molecular flexibility index (Phi) is 5.45. The van der Waals surface area contributed by atoms with Crippen LogP contribution in [0.3, 0.4) is 0 Å². The van der Waals surface area contributed by atoms with Crippen LogP contribution in [0.2, 0.25) is 5.02 Å². The maximum Gasteiger partial charge on any atom is 0.128 e. The molecule has 0 amide bonds. The highest BCUT2D eigenvalue weighted by Crippen LogP contribution is 2.47. The highest BCUT2D eigenvalue weighted by Gasteiger charge is 2.40. The average Bonchev–Trinajstić information content (AvgIpc) is 2.18. The molecule has 1 nitrogen and oxygen atoms in total. The molecular formula is C14H20Cl2FN. The molecule has 0 saturated heterocycles. The molecule has 0 atom stereocenters. The minimum absolute atomic E-state index is 0. The van der Waals surface area contributed by atoms with Gasteiger partial charge in [-0.2, -0.15) is 0 Å². The number of benzene rings is 1. The molecule has 0 aromatic heterocycles. The van der Waals surface area contributed by atoms with Crippen molar-refractivity contribution in [3.8, 4) is 0 Å². The second-order valence-electron chi connectivity index (χ2n) is 5.31. The van der Waals surface area contributed by atoms with Crippen molar-refractivity contribution >= 4 is 24.0 Å². The largest absolute Gasteiger partial charge is 0.309 e. The first kappa shape index (κ1) is 15.7. The summed E-state index contributed by atoms with van der Waals surface area (Å²) in [5.41, 5.74) is 0.911. The third-order valence-electron chi connectivity index (χ3n) is 3.85. The van der Waals surface area contributed by atoms with Crippen LogP contribution in [0, 0.1) is 5.82 Å². The summed E-state index contributed by atoms with van der Waals surface area (Å²) in [5, 5.41) is 0.480. The fourth-order valence-corrected chi connectivity index (χ4v) is 2.77. The SMILES string of the molecule is CN(C)CCC1(c2ccc(Cl)cc2F)CCC1.Cl. The van der Waals surface area contributed by atoms with E-state index in [2.05, 4.69) is 19.0 Å². The summed E-state index contributed by atoms with van der Waals surface area (Å²) in [7, 11) is 4.12. The highest BCUT2D eigenvalue weighted by molar-refractivity contribution is 6.30. The van der Waals surface area contributed by atoms with Crippen LogP contribution in [0.15, 0.2) is 18.2 Å². The quantitative estimate of drug-likeness (QED) is 0.801. The Morgan fingerprint density at radius 1 is 1.33 bits per heavy atom. The fraction of sp³-hybridized carbons (Fsp3) is 0.571. The molecule has 1 aromatic rings. The lowest BCUT2D eigenvalue weighted by Gasteiger charge is -2.43. The molecular weight excluding hydrogens is 272 g/mol. The van der Waals surface area contributed by atoms with E-state index in [-0.39, 0.29) is 23.6 Å². The van der Waals surface area contributed by atoms with Crippen molar-refractivity contribution in [1.82, 2.24) is 4.90 Å². The lowest BCUT2D eigenvalue weighted by atomic mass is 9.62. The van der Waals surface area contributed by atoms with E-state index < -0.39 is 0 Å². The van der Waals surface area contributed by atoms with Crippen LogP contribution in [0.1, 0.15) is 31.2 Å². The van der Waals surface area contributed by atoms with Crippen LogP contribution < -0.4 is 0 Å². The first-order chi connectivity index (χ1) is 8.03. The first-order valence-electron chi connectivity index (χ1n) is 6.14. The second kappa shape index (κ2) is 6.23. The highest BCUT2D eigenvalue weighted by atomic mass is 35.5. The third-order valence-corrected chi connectivity index (χ3v) is 4.09. The van der Waals surface area contributed by atoms with Gasteiger partial charge in [0.1, 0.15) is 5.82 Å². The summed E-state index contributed by atoms with van der Waals surface area (Å²) < 4.78 is 14.0. The molecule has 0 N–H and O–H groups in total. The number of hydrogen-bond acceptors (Lipinski definition) is 1. The van der Waals surface area contributed by atoms with Gasteiger partial charge in [0.2, 0.25) is 0 Å². The van der Waals surface area contributed by atoms with Gasteiger partial charge in [0.05, 0.1) is 0 Å². The zero-order valence-electron chi connectivity index (χ0n) is 10.9. The average molecular weight is 292 g/mol. The van der Waals surface area contributed by atoms with Crippen molar-refractivity contribution in [3.63, 3.8) is 0 Å². The van der Waals surface area contributed by atoms with Gasteiger partial charge in [0, 0.05) is 5.02 Å². The monoisotopic (exact) mass is 291 g/mol. The molecule has 0 radical (unpaired) electrons. The third kappa shape index (κ3) is 3.17. The number of rotatable bonds is 4. The summed E-state index contributed by atoms with van der Waals surface area (Å²) in [4.78, 5) is 2.16. The summed E-state index contributed by atoms with van der Waals surface area (Å²) in [6.07, 6.45) is 4.42. The summed E-state index contributed by atoms with van der Waals surface area (Å²) in [6.45, 7) is 1.00. The molecule has 1 aliphatic rings. The van der Waals surface area contributed by atoms with E-state index in [4.69, 9.17) is 11.6 Å². The van der Waals surface area contributed by atoms with Gasteiger partial charge in [-0.25, -0.2) is 4.39 Å². The van der Waals surface area contributed by atoms with Crippen molar-refractivity contribution in [2.75, 3.05) is 20.6 Å². The number of halogens is 3. The Hall–Kier alpha value is -0.310. The van der Waals surface area contributed by atoms with Gasteiger partial charge in [0.15, 0.2) is 0 Å². The van der Waals surface area contributed by atoms with Crippen molar-refractivity contribution in [1.29, 1.82) is 0 Å². The van der Waals surface area contributed by atoms with Crippen LogP contribution in [-0.4, -0.2) is 25.5 Å². The van der Waals surface area contributed by atoms with Gasteiger partial charge in [-0.1, -0.05) is 24.1 Å². The molecule has 1 saturated carbocycles. The predicted molar refractivity (Wildman–Crippen MR) is 77.4 cm³/mol. The maximum atomic E-state index is 14.0. The van der Waals surface area contributed by atoms with Crippen molar-refractivity contribution < 1.29 is 4.39 Å². The van der Waals surface area contributed by atoms with Gasteiger partial charge in [-0.3, -0.25) is 0 Å². The van der Waals surface area contributed by atoms with Crippen molar-refractivity contribution in [2.45, 2.75) is 31.1 Å². The number of hydrogen-bond donors (Lipinski definition) is 0. The minimum atomic E-state index is -0.143. The van der Waals surface area contributed by atoms with E-state index in [0.717, 1.165) is 31.4 Å². The lowest BCUT2D eigenvalue weighted by Crippen LogP contribution is -2.38. The van der Waals surface area contributed by atoms with E-state index in [0.29, 0.717) is 5.02 Å². The van der Waals surface area contributed by atoms with Gasteiger partial charge in [-0.15, -0.1) is 12.4 Å². The molecule has 0 bridgehead atoms.